The predicted octanol–water partition coefficient (Wildman–Crippen LogP) is 6.20. The first-order valence-electron chi connectivity index (χ1n) is 16.5. The van der Waals surface area contributed by atoms with E-state index in [0.29, 0.717) is 66.7 Å². The van der Waals surface area contributed by atoms with Crippen LogP contribution in [0, 0.1) is 0 Å². The van der Waals surface area contributed by atoms with Gasteiger partial charge in [-0.2, -0.15) is 0 Å². The van der Waals surface area contributed by atoms with Crippen LogP contribution >= 0.6 is 0 Å². The van der Waals surface area contributed by atoms with E-state index in [4.69, 9.17) is 9.47 Å². The fraction of sp³-hybridized carbons (Fsp3) is 0.316. The summed E-state index contributed by atoms with van der Waals surface area (Å²) in [7, 11) is 0. The summed E-state index contributed by atoms with van der Waals surface area (Å²) < 4.78 is 11.4. The minimum atomic E-state index is -0.701. The molecule has 1 atom stereocenters. The molecule has 4 rings (SSSR count). The van der Waals surface area contributed by atoms with Crippen molar-refractivity contribution in [3.05, 3.63) is 119 Å². The van der Waals surface area contributed by atoms with Crippen LogP contribution in [0.5, 0.6) is 5.75 Å². The van der Waals surface area contributed by atoms with Crippen molar-refractivity contribution < 1.29 is 34.4 Å². The fourth-order valence-electron chi connectivity index (χ4n) is 4.98. The molecule has 7 N–H and O–H groups in total. The molecular formula is C38H46N4O7. The van der Waals surface area contributed by atoms with E-state index in [2.05, 4.69) is 21.3 Å². The lowest BCUT2D eigenvalue weighted by molar-refractivity contribution is 0.0393. The van der Waals surface area contributed by atoms with Crippen LogP contribution in [0.2, 0.25) is 0 Å². The Labute approximate surface area is 287 Å². The molecule has 0 saturated heterocycles. The molecule has 0 heterocycles. The summed E-state index contributed by atoms with van der Waals surface area (Å²) in [5.41, 5.74) is 4.41. The van der Waals surface area contributed by atoms with Crippen LogP contribution in [-0.2, 0) is 22.7 Å². The first-order chi connectivity index (χ1) is 23.9. The van der Waals surface area contributed by atoms with Gasteiger partial charge < -0.3 is 46.1 Å². The Kier molecular flexibility index (Phi) is 15.5. The Bertz CT molecular complexity index is 1590. The topological polar surface area (TPSA) is 161 Å². The molecule has 0 aromatic heterocycles. The summed E-state index contributed by atoms with van der Waals surface area (Å²) in [4.78, 5) is 24.9. The van der Waals surface area contributed by atoms with Gasteiger partial charge in [-0.3, -0.25) is 4.79 Å². The van der Waals surface area contributed by atoms with Crippen molar-refractivity contribution in [3.63, 3.8) is 0 Å². The molecule has 0 aliphatic heterocycles. The number of carbonyl (C=O) groups is 2. The number of unbranched alkanes of at least 4 members (excludes halogenated alkanes) is 3. The number of rotatable bonds is 20. The van der Waals surface area contributed by atoms with Gasteiger partial charge in [-0.15, -0.1) is 0 Å². The van der Waals surface area contributed by atoms with E-state index in [9.17, 15) is 24.9 Å². The third-order valence-electron chi connectivity index (χ3n) is 7.65. The Morgan fingerprint density at radius 1 is 0.694 bits per heavy atom. The van der Waals surface area contributed by atoms with Crippen LogP contribution in [0.4, 0.5) is 21.9 Å². The molecule has 11 nitrogen and oxygen atoms in total. The van der Waals surface area contributed by atoms with Gasteiger partial charge >= 0.3 is 6.03 Å². The average Bonchev–Trinajstić information content (AvgIpc) is 3.11. The van der Waals surface area contributed by atoms with Gasteiger partial charge in [-0.1, -0.05) is 49.2 Å². The van der Waals surface area contributed by atoms with Crippen LogP contribution in [0.15, 0.2) is 97.1 Å². The van der Waals surface area contributed by atoms with Gasteiger partial charge in [0.1, 0.15) is 5.75 Å². The third kappa shape index (κ3) is 13.3. The fourth-order valence-corrected chi connectivity index (χ4v) is 4.98. The molecule has 0 fully saturated rings. The number of amides is 3. The first kappa shape index (κ1) is 37.0. The van der Waals surface area contributed by atoms with Gasteiger partial charge in [0.25, 0.3) is 5.91 Å². The third-order valence-corrected chi connectivity index (χ3v) is 7.65. The summed E-state index contributed by atoms with van der Waals surface area (Å²) >= 11 is 0. The van der Waals surface area contributed by atoms with Gasteiger partial charge in [0.05, 0.1) is 32.5 Å². The second-order valence-corrected chi connectivity index (χ2v) is 11.5. The van der Waals surface area contributed by atoms with Crippen molar-refractivity contribution in [2.75, 3.05) is 48.9 Å². The molecule has 0 aliphatic rings. The molecule has 0 saturated carbocycles. The van der Waals surface area contributed by atoms with E-state index in [1.54, 1.807) is 66.7 Å². The van der Waals surface area contributed by atoms with Crippen LogP contribution in [0.25, 0.3) is 0 Å². The summed E-state index contributed by atoms with van der Waals surface area (Å²) in [5.74, 6) is -0.178. The lowest BCUT2D eigenvalue weighted by atomic mass is 10.1. The summed E-state index contributed by atoms with van der Waals surface area (Å²) in [6.07, 6.45) is 3.36. The number of nitrogens with one attached hydrogen (secondary N) is 4. The van der Waals surface area contributed by atoms with Crippen molar-refractivity contribution in [1.82, 2.24) is 5.32 Å². The van der Waals surface area contributed by atoms with Crippen molar-refractivity contribution in [2.45, 2.75) is 45.0 Å². The molecule has 4 aromatic carbocycles. The lowest BCUT2D eigenvalue weighted by Crippen LogP contribution is -2.22. The highest BCUT2D eigenvalue weighted by molar-refractivity contribution is 6.04. The number of aliphatic hydroxyl groups excluding tert-OH is 2. The number of aromatic hydroxyl groups is 1. The molecule has 0 bridgehead atoms. The van der Waals surface area contributed by atoms with Crippen LogP contribution in [0.1, 0.15) is 58.8 Å². The van der Waals surface area contributed by atoms with Gasteiger partial charge in [-0.05, 0) is 91.2 Å². The van der Waals surface area contributed by atoms with Crippen molar-refractivity contribution in [2.24, 2.45) is 0 Å². The molecule has 0 radical (unpaired) electrons. The number of benzene rings is 4. The molecule has 0 spiro atoms. The maximum absolute atomic E-state index is 12.5. The van der Waals surface area contributed by atoms with Gasteiger partial charge in [0.15, 0.2) is 0 Å². The standard InChI is InChI=1S/C38H46N4O7/c43-26-31-24-30(13-18-35(31)44)36(45)25-39-19-6-1-2-7-20-48-21-22-49-27-28-9-8-12-34(23-28)42-38(47)41-33-16-14-32(15-17-33)40-37(46)29-10-4-3-5-11-29/h3-5,8-18,23-24,36,39,43-45H,1-2,6-7,19-22,25-27H2,(H,40,46)(H2,41,42,47)/t36-/m1/s1. The van der Waals surface area contributed by atoms with Crippen LogP contribution < -0.4 is 21.3 Å². The summed E-state index contributed by atoms with van der Waals surface area (Å²) in [5, 5.41) is 40.9. The smallest absolute Gasteiger partial charge is 0.323 e. The molecule has 3 amide bonds. The predicted molar refractivity (Wildman–Crippen MR) is 191 cm³/mol. The normalized spacial score (nSPS) is 11.6. The quantitative estimate of drug-likeness (QED) is 0.0548. The molecule has 0 aliphatic carbocycles. The van der Waals surface area contributed by atoms with Gasteiger partial charge in [-0.25, -0.2) is 4.79 Å². The second-order valence-electron chi connectivity index (χ2n) is 11.5. The van der Waals surface area contributed by atoms with Crippen LogP contribution in [-0.4, -0.2) is 60.2 Å². The molecule has 49 heavy (non-hydrogen) atoms. The number of anilines is 3. The van der Waals surface area contributed by atoms with E-state index in [-0.39, 0.29) is 24.3 Å². The number of phenols is 1. The largest absolute Gasteiger partial charge is 0.508 e. The van der Waals surface area contributed by atoms with E-state index >= 15 is 0 Å². The average molecular weight is 671 g/mol. The van der Waals surface area contributed by atoms with E-state index in [1.807, 2.05) is 24.3 Å². The number of carbonyl (C=O) groups excluding carboxylic acids is 2. The maximum atomic E-state index is 12.5. The zero-order chi connectivity index (χ0) is 34.7. The summed E-state index contributed by atoms with van der Waals surface area (Å²) in [6, 6.07) is 27.7. The van der Waals surface area contributed by atoms with E-state index in [0.717, 1.165) is 37.8 Å². The zero-order valence-electron chi connectivity index (χ0n) is 27.6. The zero-order valence-corrected chi connectivity index (χ0v) is 27.6. The second kappa shape index (κ2) is 20.6. The number of hydrogen-bond acceptors (Lipinski definition) is 8. The van der Waals surface area contributed by atoms with Crippen molar-refractivity contribution >= 4 is 29.0 Å². The Balaban J connectivity index is 1.01. The SMILES string of the molecule is O=C(Nc1ccc(NC(=O)c2ccccc2)cc1)Nc1cccc(COCCOCCCCCCNC[C@@H](O)c2ccc(O)c(CO)c2)c1. The molecule has 0 unspecified atom stereocenters. The highest BCUT2D eigenvalue weighted by atomic mass is 16.5. The highest BCUT2D eigenvalue weighted by Gasteiger charge is 2.10. The Morgan fingerprint density at radius 2 is 1.41 bits per heavy atom. The van der Waals surface area contributed by atoms with Crippen LogP contribution in [0.3, 0.4) is 0 Å². The Hall–Kier alpha value is -4.78. The van der Waals surface area contributed by atoms with Crippen molar-refractivity contribution in [1.29, 1.82) is 0 Å². The molecule has 11 heteroatoms. The number of urea groups is 1. The first-order valence-corrected chi connectivity index (χ1v) is 16.5. The van der Waals surface area contributed by atoms with Gasteiger partial charge in [0, 0.05) is 41.3 Å². The minimum absolute atomic E-state index is 0.0247. The van der Waals surface area contributed by atoms with E-state index in [1.165, 1.54) is 6.07 Å². The highest BCUT2D eigenvalue weighted by Crippen LogP contribution is 2.22. The van der Waals surface area contributed by atoms with Gasteiger partial charge in [0.2, 0.25) is 0 Å². The van der Waals surface area contributed by atoms with E-state index < -0.39 is 6.10 Å². The maximum Gasteiger partial charge on any atom is 0.323 e. The lowest BCUT2D eigenvalue weighted by Gasteiger charge is -2.14. The minimum Gasteiger partial charge on any atom is -0.508 e. The summed E-state index contributed by atoms with van der Waals surface area (Å²) in [6.45, 7) is 2.97. The molecule has 260 valence electrons. The number of hydrogen-bond donors (Lipinski definition) is 7. The monoisotopic (exact) mass is 670 g/mol. The molecule has 4 aromatic rings. The number of ether oxygens (including phenoxy) is 2. The number of aliphatic hydroxyl groups is 2. The molecular weight excluding hydrogens is 624 g/mol. The van der Waals surface area contributed by atoms with Crippen molar-refractivity contribution in [3.8, 4) is 5.75 Å². The Morgan fingerprint density at radius 3 is 2.18 bits per heavy atom.